The van der Waals surface area contributed by atoms with Crippen LogP contribution in [0.4, 0.5) is 16.2 Å². The highest BCUT2D eigenvalue weighted by atomic mass is 16.2. The molecule has 1 fully saturated rings. The highest BCUT2D eigenvalue weighted by Gasteiger charge is 2.15. The number of aromatic nitrogens is 2. The van der Waals surface area contributed by atoms with Gasteiger partial charge in [0.1, 0.15) is 0 Å². The molecule has 0 spiro atoms. The highest BCUT2D eigenvalue weighted by molar-refractivity contribution is 5.89. The molecule has 0 aliphatic carbocycles. The van der Waals surface area contributed by atoms with Gasteiger partial charge in [0.15, 0.2) is 0 Å². The van der Waals surface area contributed by atoms with Crippen molar-refractivity contribution >= 4 is 17.4 Å². The number of rotatable bonds is 4. The predicted octanol–water partition coefficient (Wildman–Crippen LogP) is 4.06. The maximum Gasteiger partial charge on any atom is 0.321 e. The number of carbonyl (C=O) groups excluding carboxylic acids is 1. The quantitative estimate of drug-likeness (QED) is 0.881. The smallest absolute Gasteiger partial charge is 0.321 e. The third-order valence-corrected chi connectivity index (χ3v) is 4.44. The lowest BCUT2D eigenvalue weighted by Gasteiger charge is -2.21. The molecule has 1 atom stereocenters. The third kappa shape index (κ3) is 4.92. The van der Waals surface area contributed by atoms with Crippen LogP contribution in [0, 0.1) is 0 Å². The molecule has 1 aromatic heterocycles. The van der Waals surface area contributed by atoms with Gasteiger partial charge in [0.2, 0.25) is 0 Å². The number of hydrogen-bond donors (Lipinski definition) is 2. The van der Waals surface area contributed by atoms with Crippen LogP contribution in [0.2, 0.25) is 0 Å². The van der Waals surface area contributed by atoms with Gasteiger partial charge in [-0.15, -0.1) is 0 Å². The van der Waals surface area contributed by atoms with Crippen molar-refractivity contribution in [2.24, 2.45) is 0 Å². The number of anilines is 2. The normalized spacial score (nSPS) is 16.0. The van der Waals surface area contributed by atoms with Gasteiger partial charge in [-0.25, -0.2) is 4.79 Å². The van der Waals surface area contributed by atoms with Crippen molar-refractivity contribution in [1.82, 2.24) is 14.9 Å². The molecule has 6 nitrogen and oxygen atoms in total. The maximum absolute atomic E-state index is 12.4. The zero-order valence-corrected chi connectivity index (χ0v) is 14.6. The molecule has 6 heteroatoms. The van der Waals surface area contributed by atoms with E-state index in [1.807, 2.05) is 36.1 Å². The Kier molecular flexibility index (Phi) is 5.82. The van der Waals surface area contributed by atoms with Crippen LogP contribution in [-0.2, 0) is 0 Å². The van der Waals surface area contributed by atoms with Crippen molar-refractivity contribution in [3.05, 3.63) is 48.5 Å². The SMILES string of the molecule is C[C@H](Nc1ccc(NC(=O)N2CCCCCC2)cc1)c1cnccn1. The summed E-state index contributed by atoms with van der Waals surface area (Å²) < 4.78 is 0. The van der Waals surface area contributed by atoms with Crippen LogP contribution in [0.15, 0.2) is 42.9 Å². The van der Waals surface area contributed by atoms with Crippen molar-refractivity contribution in [2.75, 3.05) is 23.7 Å². The topological polar surface area (TPSA) is 70.2 Å². The van der Waals surface area contributed by atoms with E-state index < -0.39 is 0 Å². The minimum Gasteiger partial charge on any atom is -0.377 e. The van der Waals surface area contributed by atoms with Crippen LogP contribution < -0.4 is 10.6 Å². The van der Waals surface area contributed by atoms with E-state index in [9.17, 15) is 4.79 Å². The monoisotopic (exact) mass is 339 g/mol. The van der Waals surface area contributed by atoms with Gasteiger partial charge in [-0.1, -0.05) is 12.8 Å². The van der Waals surface area contributed by atoms with E-state index in [0.29, 0.717) is 0 Å². The number of benzene rings is 1. The summed E-state index contributed by atoms with van der Waals surface area (Å²) in [5.41, 5.74) is 2.68. The summed E-state index contributed by atoms with van der Waals surface area (Å²) in [4.78, 5) is 22.7. The zero-order valence-electron chi connectivity index (χ0n) is 14.6. The van der Waals surface area contributed by atoms with Crippen LogP contribution in [0.3, 0.4) is 0 Å². The number of carbonyl (C=O) groups is 1. The molecule has 1 aliphatic rings. The summed E-state index contributed by atoms with van der Waals surface area (Å²) in [6.45, 7) is 3.74. The van der Waals surface area contributed by atoms with E-state index in [1.165, 1.54) is 12.8 Å². The molecule has 2 aromatic rings. The number of likely N-dealkylation sites (tertiary alicyclic amines) is 1. The molecule has 3 rings (SSSR count). The molecule has 0 unspecified atom stereocenters. The molecular formula is C19H25N5O. The summed E-state index contributed by atoms with van der Waals surface area (Å²) >= 11 is 0. The van der Waals surface area contributed by atoms with Gasteiger partial charge < -0.3 is 15.5 Å². The first-order chi connectivity index (χ1) is 12.2. The van der Waals surface area contributed by atoms with Gasteiger partial charge >= 0.3 is 6.03 Å². The van der Waals surface area contributed by atoms with E-state index in [1.54, 1.807) is 18.6 Å². The van der Waals surface area contributed by atoms with Crippen molar-refractivity contribution in [3.63, 3.8) is 0 Å². The lowest BCUT2D eigenvalue weighted by Crippen LogP contribution is -2.35. The van der Waals surface area contributed by atoms with Crippen LogP contribution in [0.25, 0.3) is 0 Å². The van der Waals surface area contributed by atoms with Crippen LogP contribution in [0.5, 0.6) is 0 Å². The largest absolute Gasteiger partial charge is 0.377 e. The van der Waals surface area contributed by atoms with E-state index in [4.69, 9.17) is 0 Å². The minimum atomic E-state index is -0.00413. The van der Waals surface area contributed by atoms with Gasteiger partial charge in [-0.2, -0.15) is 0 Å². The van der Waals surface area contributed by atoms with E-state index >= 15 is 0 Å². The Bertz CT molecular complexity index is 666. The van der Waals surface area contributed by atoms with Crippen molar-refractivity contribution < 1.29 is 4.79 Å². The third-order valence-electron chi connectivity index (χ3n) is 4.44. The molecule has 1 aromatic carbocycles. The molecule has 0 saturated carbocycles. The first-order valence-electron chi connectivity index (χ1n) is 8.91. The molecule has 1 aliphatic heterocycles. The molecule has 2 amide bonds. The average molecular weight is 339 g/mol. The van der Waals surface area contributed by atoms with Gasteiger partial charge in [-0.3, -0.25) is 9.97 Å². The fourth-order valence-electron chi connectivity index (χ4n) is 2.98. The minimum absolute atomic E-state index is 0.00413. The maximum atomic E-state index is 12.4. The van der Waals surface area contributed by atoms with E-state index in [0.717, 1.165) is 43.0 Å². The van der Waals surface area contributed by atoms with E-state index in [-0.39, 0.29) is 12.1 Å². The standard InChI is InChI=1S/C19H25N5O/c1-15(18-14-20-10-11-21-18)22-16-6-8-17(9-7-16)23-19(25)24-12-4-2-3-5-13-24/h6-11,14-15,22H,2-5,12-13H2,1H3,(H,23,25)/t15-/m0/s1. The second kappa shape index (κ2) is 8.46. The number of nitrogens with one attached hydrogen (secondary N) is 2. The number of nitrogens with zero attached hydrogens (tertiary/aromatic N) is 3. The second-order valence-corrected chi connectivity index (χ2v) is 6.41. The number of urea groups is 1. The predicted molar refractivity (Wildman–Crippen MR) is 99.6 cm³/mol. The first kappa shape index (κ1) is 17.2. The Morgan fingerprint density at radius 3 is 2.36 bits per heavy atom. The second-order valence-electron chi connectivity index (χ2n) is 6.41. The van der Waals surface area contributed by atoms with Crippen molar-refractivity contribution in [3.8, 4) is 0 Å². The van der Waals surface area contributed by atoms with Crippen LogP contribution >= 0.6 is 0 Å². The molecule has 25 heavy (non-hydrogen) atoms. The highest BCUT2D eigenvalue weighted by Crippen LogP contribution is 2.20. The molecule has 2 heterocycles. The molecular weight excluding hydrogens is 314 g/mol. The van der Waals surface area contributed by atoms with E-state index in [2.05, 4.69) is 20.6 Å². The lowest BCUT2D eigenvalue weighted by atomic mass is 10.2. The molecule has 1 saturated heterocycles. The fraction of sp³-hybridized carbons (Fsp3) is 0.421. The van der Waals surface area contributed by atoms with Gasteiger partial charge in [0.05, 0.1) is 17.9 Å². The Labute approximate surface area is 148 Å². The van der Waals surface area contributed by atoms with Gasteiger partial charge in [-0.05, 0) is 44.0 Å². The Balaban J connectivity index is 1.55. The Morgan fingerprint density at radius 2 is 1.72 bits per heavy atom. The molecule has 0 radical (unpaired) electrons. The van der Waals surface area contributed by atoms with Crippen LogP contribution in [0.1, 0.15) is 44.3 Å². The summed E-state index contributed by atoms with van der Waals surface area (Å²) in [6, 6.07) is 7.82. The average Bonchev–Trinajstić information content (AvgIpc) is 2.93. The summed E-state index contributed by atoms with van der Waals surface area (Å²) in [6.07, 6.45) is 9.73. The van der Waals surface area contributed by atoms with Gasteiger partial charge in [0.25, 0.3) is 0 Å². The summed E-state index contributed by atoms with van der Waals surface area (Å²) in [5.74, 6) is 0. The number of hydrogen-bond acceptors (Lipinski definition) is 4. The summed E-state index contributed by atoms with van der Waals surface area (Å²) in [5, 5.41) is 6.37. The molecule has 132 valence electrons. The fourth-order valence-corrected chi connectivity index (χ4v) is 2.98. The lowest BCUT2D eigenvalue weighted by molar-refractivity contribution is 0.214. The summed E-state index contributed by atoms with van der Waals surface area (Å²) in [7, 11) is 0. The molecule has 0 bridgehead atoms. The zero-order chi connectivity index (χ0) is 17.5. The number of amides is 2. The first-order valence-corrected chi connectivity index (χ1v) is 8.91. The Morgan fingerprint density at radius 1 is 1.04 bits per heavy atom. The van der Waals surface area contributed by atoms with Gasteiger partial charge in [0, 0.05) is 36.9 Å². The molecule has 2 N–H and O–H groups in total. The van der Waals surface area contributed by atoms with Crippen LogP contribution in [-0.4, -0.2) is 34.0 Å². The van der Waals surface area contributed by atoms with Crippen molar-refractivity contribution in [1.29, 1.82) is 0 Å². The van der Waals surface area contributed by atoms with Crippen molar-refractivity contribution in [2.45, 2.75) is 38.6 Å². The Hall–Kier alpha value is -2.63.